The van der Waals surface area contributed by atoms with Crippen LogP contribution in [0.5, 0.6) is 0 Å². The van der Waals surface area contributed by atoms with Crippen LogP contribution >= 0.6 is 0 Å². The van der Waals surface area contributed by atoms with Gasteiger partial charge in [-0.2, -0.15) is 0 Å². The second kappa shape index (κ2) is 8.92. The number of Topliss-reactive ketones (excluding diaryl/α,β-unsaturated/α-hetero) is 1. The zero-order valence-corrected chi connectivity index (χ0v) is 10.0. The fourth-order valence-corrected chi connectivity index (χ4v) is 1.20. The molecule has 0 aromatic carbocycles. The van der Waals surface area contributed by atoms with E-state index in [-0.39, 0.29) is 12.4 Å². The Morgan fingerprint density at radius 2 is 2.06 bits per heavy atom. The van der Waals surface area contributed by atoms with E-state index in [9.17, 15) is 4.79 Å². The molecule has 17 heavy (non-hydrogen) atoms. The zero-order chi connectivity index (χ0) is 12.3. The van der Waals surface area contributed by atoms with Crippen LogP contribution in [0.3, 0.4) is 0 Å². The van der Waals surface area contributed by atoms with Crippen molar-refractivity contribution in [3.05, 3.63) is 24.2 Å². The van der Waals surface area contributed by atoms with E-state index in [0.717, 1.165) is 6.42 Å². The minimum Gasteiger partial charge on any atom is -0.461 e. The highest BCUT2D eigenvalue weighted by Gasteiger charge is 2.07. The van der Waals surface area contributed by atoms with E-state index in [1.54, 1.807) is 19.2 Å². The van der Waals surface area contributed by atoms with Crippen molar-refractivity contribution in [1.29, 1.82) is 0 Å². The largest absolute Gasteiger partial charge is 0.461 e. The minimum absolute atomic E-state index is 0.0228. The van der Waals surface area contributed by atoms with Gasteiger partial charge in [0.1, 0.15) is 6.61 Å². The van der Waals surface area contributed by atoms with Crippen LogP contribution in [-0.4, -0.2) is 45.9 Å². The summed E-state index contributed by atoms with van der Waals surface area (Å²) in [6.07, 6.45) is 2.33. The Morgan fingerprint density at radius 1 is 1.24 bits per heavy atom. The van der Waals surface area contributed by atoms with Gasteiger partial charge in [-0.05, 0) is 18.6 Å². The van der Waals surface area contributed by atoms with Gasteiger partial charge in [0.25, 0.3) is 0 Å². The van der Waals surface area contributed by atoms with Gasteiger partial charge in [-0.25, -0.2) is 0 Å². The summed E-state index contributed by atoms with van der Waals surface area (Å²) in [7, 11) is 1.66. The number of hydrogen-bond donors (Lipinski definition) is 0. The van der Waals surface area contributed by atoms with Gasteiger partial charge in [-0.1, -0.05) is 0 Å². The van der Waals surface area contributed by atoms with Gasteiger partial charge in [-0.15, -0.1) is 0 Å². The van der Waals surface area contributed by atoms with Gasteiger partial charge in [-0.3, -0.25) is 4.79 Å². The molecule has 0 N–H and O–H groups in total. The molecular formula is C12H18O5. The van der Waals surface area contributed by atoms with Crippen LogP contribution in [0.15, 0.2) is 22.8 Å². The van der Waals surface area contributed by atoms with Crippen LogP contribution in [-0.2, 0) is 14.2 Å². The predicted molar refractivity (Wildman–Crippen MR) is 61.2 cm³/mol. The van der Waals surface area contributed by atoms with Crippen molar-refractivity contribution in [3.63, 3.8) is 0 Å². The maximum atomic E-state index is 11.4. The van der Waals surface area contributed by atoms with Crippen molar-refractivity contribution < 1.29 is 23.4 Å². The first-order chi connectivity index (χ1) is 8.34. The maximum Gasteiger partial charge on any atom is 0.223 e. The van der Waals surface area contributed by atoms with Crippen molar-refractivity contribution in [2.45, 2.75) is 6.42 Å². The van der Waals surface area contributed by atoms with Crippen molar-refractivity contribution in [2.24, 2.45) is 0 Å². The smallest absolute Gasteiger partial charge is 0.223 e. The molecule has 0 saturated heterocycles. The van der Waals surface area contributed by atoms with Crippen LogP contribution in [0.4, 0.5) is 0 Å². The average Bonchev–Trinajstić information content (AvgIpc) is 2.86. The molecule has 5 nitrogen and oxygen atoms in total. The molecule has 0 spiro atoms. The van der Waals surface area contributed by atoms with Gasteiger partial charge in [0.2, 0.25) is 5.78 Å². The van der Waals surface area contributed by atoms with Gasteiger partial charge < -0.3 is 18.6 Å². The Kier molecular flexibility index (Phi) is 7.29. The second-order valence-electron chi connectivity index (χ2n) is 3.41. The third-order valence-corrected chi connectivity index (χ3v) is 2.04. The number of methoxy groups -OCH3 is 1. The fourth-order valence-electron chi connectivity index (χ4n) is 1.20. The first kappa shape index (κ1) is 13.9. The summed E-state index contributed by atoms with van der Waals surface area (Å²) in [6, 6.07) is 3.29. The lowest BCUT2D eigenvalue weighted by Crippen LogP contribution is -2.12. The predicted octanol–water partition coefficient (Wildman–Crippen LogP) is 1.53. The topological polar surface area (TPSA) is 57.9 Å². The molecule has 0 fully saturated rings. The number of furan rings is 1. The van der Waals surface area contributed by atoms with Crippen molar-refractivity contribution in [1.82, 2.24) is 0 Å². The highest BCUT2D eigenvalue weighted by atomic mass is 16.5. The Balaban J connectivity index is 1.92. The Morgan fingerprint density at radius 3 is 2.76 bits per heavy atom. The molecule has 0 aliphatic heterocycles. The van der Waals surface area contributed by atoms with Crippen molar-refractivity contribution in [3.8, 4) is 0 Å². The zero-order valence-electron chi connectivity index (χ0n) is 10.0. The molecule has 0 aliphatic carbocycles. The van der Waals surface area contributed by atoms with Crippen LogP contribution in [0.2, 0.25) is 0 Å². The Hall–Kier alpha value is -1.17. The van der Waals surface area contributed by atoms with E-state index in [1.165, 1.54) is 6.26 Å². The van der Waals surface area contributed by atoms with E-state index in [2.05, 4.69) is 0 Å². The second-order valence-corrected chi connectivity index (χ2v) is 3.41. The number of ketones is 1. The molecule has 1 aromatic rings. The van der Waals surface area contributed by atoms with E-state index >= 15 is 0 Å². The molecule has 0 bridgehead atoms. The summed E-state index contributed by atoms with van der Waals surface area (Å²) in [5.41, 5.74) is 0. The summed E-state index contributed by atoms with van der Waals surface area (Å²) in [6.45, 7) is 2.24. The van der Waals surface area contributed by atoms with Crippen LogP contribution in [0, 0.1) is 0 Å². The number of carbonyl (C=O) groups is 1. The molecule has 0 saturated carbocycles. The lowest BCUT2D eigenvalue weighted by atomic mass is 10.3. The molecule has 5 heteroatoms. The van der Waals surface area contributed by atoms with E-state index in [0.29, 0.717) is 32.2 Å². The molecule has 0 aliphatic rings. The Bertz CT molecular complexity index is 294. The molecule has 1 aromatic heterocycles. The molecule has 1 heterocycles. The van der Waals surface area contributed by atoms with Gasteiger partial charge in [0.15, 0.2) is 5.76 Å². The average molecular weight is 242 g/mol. The summed E-state index contributed by atoms with van der Waals surface area (Å²) in [5.74, 6) is 0.167. The fraction of sp³-hybridized carbons (Fsp3) is 0.583. The number of ether oxygens (including phenoxy) is 3. The van der Waals surface area contributed by atoms with Gasteiger partial charge >= 0.3 is 0 Å². The molecule has 1 rings (SSSR count). The molecule has 0 atom stereocenters. The molecule has 0 unspecified atom stereocenters. The van der Waals surface area contributed by atoms with E-state index < -0.39 is 0 Å². The highest BCUT2D eigenvalue weighted by molar-refractivity contribution is 5.94. The SMILES string of the molecule is COCCCOCCOCC(=O)c1ccco1. The van der Waals surface area contributed by atoms with Gasteiger partial charge in [0.05, 0.1) is 19.5 Å². The summed E-state index contributed by atoms with van der Waals surface area (Å²) < 4.78 is 20.2. The number of hydrogen-bond acceptors (Lipinski definition) is 5. The van der Waals surface area contributed by atoms with Crippen LogP contribution in [0.25, 0.3) is 0 Å². The Labute approximate surface area is 101 Å². The molecule has 0 radical (unpaired) electrons. The molecular weight excluding hydrogens is 224 g/mol. The number of rotatable bonds is 10. The van der Waals surface area contributed by atoms with E-state index in [4.69, 9.17) is 18.6 Å². The van der Waals surface area contributed by atoms with Crippen LogP contribution < -0.4 is 0 Å². The maximum absolute atomic E-state index is 11.4. The van der Waals surface area contributed by atoms with Gasteiger partial charge in [0, 0.05) is 20.3 Å². The third kappa shape index (κ3) is 6.21. The van der Waals surface area contributed by atoms with Crippen molar-refractivity contribution >= 4 is 5.78 Å². The normalized spacial score (nSPS) is 10.6. The minimum atomic E-state index is -0.158. The lowest BCUT2D eigenvalue weighted by molar-refractivity contribution is 0.0372. The first-order valence-electron chi connectivity index (χ1n) is 5.55. The highest BCUT2D eigenvalue weighted by Crippen LogP contribution is 2.01. The van der Waals surface area contributed by atoms with E-state index in [1.807, 2.05) is 0 Å². The van der Waals surface area contributed by atoms with Crippen LogP contribution in [0.1, 0.15) is 17.0 Å². The third-order valence-electron chi connectivity index (χ3n) is 2.04. The summed E-state index contributed by atoms with van der Waals surface area (Å²) >= 11 is 0. The summed E-state index contributed by atoms with van der Waals surface area (Å²) in [5, 5.41) is 0. The van der Waals surface area contributed by atoms with Crippen molar-refractivity contribution in [2.75, 3.05) is 40.1 Å². The molecule has 0 amide bonds. The number of carbonyl (C=O) groups excluding carboxylic acids is 1. The standard InChI is InChI=1S/C12H18O5/c1-14-5-3-6-15-8-9-16-10-11(13)12-4-2-7-17-12/h2,4,7H,3,5-6,8-10H2,1H3. The summed E-state index contributed by atoms with van der Waals surface area (Å²) in [4.78, 5) is 11.4. The quantitative estimate of drug-likeness (QED) is 0.460. The first-order valence-corrected chi connectivity index (χ1v) is 5.55. The lowest BCUT2D eigenvalue weighted by Gasteiger charge is -2.04. The monoisotopic (exact) mass is 242 g/mol. The molecule has 96 valence electrons.